The van der Waals surface area contributed by atoms with Crippen LogP contribution in [0.1, 0.15) is 32.4 Å². The largest absolute Gasteiger partial charge is 0.428 e. The number of fused-ring (bicyclic) bond motifs is 1. The normalized spacial score (nSPS) is 19.4. The highest BCUT2D eigenvalue weighted by Gasteiger charge is 2.54. The maximum absolute atomic E-state index is 13.1. The summed E-state index contributed by atoms with van der Waals surface area (Å²) in [6.07, 6.45) is 0.791. The average Bonchev–Trinajstić information content (AvgIpc) is 3.28. The number of nitrogens with two attached hydrogens (primary N) is 1. The van der Waals surface area contributed by atoms with Crippen molar-refractivity contribution in [1.82, 2.24) is 15.2 Å². The molecule has 15 heteroatoms. The number of carbonyl (C=O) groups excluding carboxylic acids is 4. The number of nitrogens with zero attached hydrogens (tertiary/aromatic N) is 3. The number of nitrogen functional groups attached to an aromatic ring is 1. The molecule has 3 N–H and O–H groups in total. The first-order valence-corrected chi connectivity index (χ1v) is 13.0. The number of aromatic nitrogens is 1. The minimum absolute atomic E-state index is 0.0121. The molecule has 2 aliphatic rings. The average molecular weight is 542 g/mol. The maximum atomic E-state index is 13.1. The van der Waals surface area contributed by atoms with Crippen molar-refractivity contribution in [2.75, 3.05) is 38.6 Å². The van der Waals surface area contributed by atoms with Crippen LogP contribution in [0.5, 0.6) is 0 Å². The van der Waals surface area contributed by atoms with Gasteiger partial charge in [0, 0.05) is 24.7 Å². The molecular formula is C21H27N5O8S2. The first-order valence-electron chi connectivity index (χ1n) is 11.0. The summed E-state index contributed by atoms with van der Waals surface area (Å²) in [6.45, 7) is 3.26. The minimum Gasteiger partial charge on any atom is -0.428 e. The van der Waals surface area contributed by atoms with Crippen LogP contribution >= 0.6 is 23.1 Å². The van der Waals surface area contributed by atoms with E-state index < -0.39 is 42.0 Å². The Morgan fingerprint density at radius 3 is 2.72 bits per heavy atom. The van der Waals surface area contributed by atoms with Crippen LogP contribution in [0.4, 0.5) is 5.13 Å². The highest BCUT2D eigenvalue weighted by Crippen LogP contribution is 2.40. The van der Waals surface area contributed by atoms with Crippen molar-refractivity contribution in [3.8, 4) is 0 Å². The molecule has 1 unspecified atom stereocenters. The van der Waals surface area contributed by atoms with Crippen molar-refractivity contribution in [2.24, 2.45) is 5.16 Å². The zero-order valence-corrected chi connectivity index (χ0v) is 21.6. The molecule has 13 nitrogen and oxygen atoms in total. The van der Waals surface area contributed by atoms with Gasteiger partial charge in [0.1, 0.15) is 29.4 Å². The second kappa shape index (κ2) is 12.7. The number of hydrogen-bond acceptors (Lipinski definition) is 13. The molecule has 0 radical (unpaired) electrons. The van der Waals surface area contributed by atoms with Crippen LogP contribution in [0.3, 0.4) is 0 Å². The fraction of sp³-hybridized carbons (Fsp3) is 0.524. The van der Waals surface area contributed by atoms with Gasteiger partial charge < -0.3 is 30.1 Å². The summed E-state index contributed by atoms with van der Waals surface area (Å²) in [5.41, 5.74) is 6.31. The summed E-state index contributed by atoms with van der Waals surface area (Å²) in [7, 11) is 1.46. The van der Waals surface area contributed by atoms with E-state index in [0.717, 1.165) is 11.3 Å². The van der Waals surface area contributed by atoms with E-state index in [0.29, 0.717) is 17.7 Å². The monoisotopic (exact) mass is 541 g/mol. The van der Waals surface area contributed by atoms with Gasteiger partial charge in [-0.15, -0.1) is 23.1 Å². The molecule has 36 heavy (non-hydrogen) atoms. The Balaban J connectivity index is 1.73. The van der Waals surface area contributed by atoms with Gasteiger partial charge in [-0.1, -0.05) is 12.1 Å². The fourth-order valence-corrected chi connectivity index (χ4v) is 5.27. The summed E-state index contributed by atoms with van der Waals surface area (Å²) in [6, 6.07) is -0.931. The van der Waals surface area contributed by atoms with Gasteiger partial charge in [-0.2, -0.15) is 0 Å². The Morgan fingerprint density at radius 1 is 1.31 bits per heavy atom. The number of methoxy groups -OCH3 is 1. The number of nitrogens with one attached hydrogen (secondary N) is 1. The van der Waals surface area contributed by atoms with Crippen molar-refractivity contribution in [1.29, 1.82) is 0 Å². The molecule has 3 rings (SSSR count). The Labute approximate surface area is 215 Å². The molecule has 3 heterocycles. The SMILES string of the molecule is CCCC(=O)OCOC(=O)C1=C(COC)CS[C@@H]2C(NC(=O)C(=NOCC)c3csc(N)n3)C(=O)N12. The summed E-state index contributed by atoms with van der Waals surface area (Å²) in [4.78, 5) is 60.8. The number of anilines is 1. The Kier molecular flexibility index (Phi) is 9.66. The van der Waals surface area contributed by atoms with Gasteiger partial charge in [0.05, 0.1) is 6.61 Å². The van der Waals surface area contributed by atoms with Crippen LogP contribution < -0.4 is 11.1 Å². The quantitative estimate of drug-likeness (QED) is 0.125. The van der Waals surface area contributed by atoms with Crippen molar-refractivity contribution in [2.45, 2.75) is 38.1 Å². The highest BCUT2D eigenvalue weighted by molar-refractivity contribution is 8.00. The van der Waals surface area contributed by atoms with Gasteiger partial charge in [-0.3, -0.25) is 19.3 Å². The van der Waals surface area contributed by atoms with Gasteiger partial charge >= 0.3 is 11.9 Å². The van der Waals surface area contributed by atoms with E-state index in [4.69, 9.17) is 24.8 Å². The second-order valence-electron chi connectivity index (χ2n) is 7.49. The standard InChI is InChI=1S/C21H27N5O8S2/c1-4-6-13(27)32-10-33-20(30)16-11(7-31-3)8-35-19-15(18(29)26(16)19)24-17(28)14(25-34-5-2)12-9-36-21(22)23-12/h9,15,19H,4-8,10H2,1-3H3,(H2,22,23)(H,24,28)/t15?,19-/m1/s1. The number of ether oxygens (including phenoxy) is 3. The first-order chi connectivity index (χ1) is 17.3. The smallest absolute Gasteiger partial charge is 0.358 e. The van der Waals surface area contributed by atoms with E-state index in [9.17, 15) is 19.2 Å². The van der Waals surface area contributed by atoms with Crippen LogP contribution in [0.15, 0.2) is 21.8 Å². The first kappa shape index (κ1) is 27.4. The number of oxime groups is 1. The lowest BCUT2D eigenvalue weighted by atomic mass is 10.0. The third-order valence-corrected chi connectivity index (χ3v) is 6.99. The predicted octanol–water partition coefficient (Wildman–Crippen LogP) is 0.610. The zero-order chi connectivity index (χ0) is 26.2. The third-order valence-electron chi connectivity index (χ3n) is 4.97. The number of carbonyl (C=O) groups is 4. The summed E-state index contributed by atoms with van der Waals surface area (Å²) >= 11 is 2.49. The van der Waals surface area contributed by atoms with Crippen LogP contribution in [-0.2, 0) is 38.2 Å². The van der Waals surface area contributed by atoms with E-state index in [2.05, 4.69) is 15.5 Å². The number of rotatable bonds is 12. The molecule has 1 fully saturated rings. The third kappa shape index (κ3) is 6.14. The summed E-state index contributed by atoms with van der Waals surface area (Å²) in [5.74, 6) is -2.16. The highest BCUT2D eigenvalue weighted by atomic mass is 32.2. The van der Waals surface area contributed by atoms with Gasteiger partial charge in [0.2, 0.25) is 6.79 Å². The molecule has 0 bridgehead atoms. The van der Waals surface area contributed by atoms with Crippen molar-refractivity contribution < 1.29 is 38.2 Å². The van der Waals surface area contributed by atoms with Crippen LogP contribution in [0.25, 0.3) is 0 Å². The molecule has 196 valence electrons. The molecular weight excluding hydrogens is 514 g/mol. The predicted molar refractivity (Wildman–Crippen MR) is 131 cm³/mol. The lowest BCUT2D eigenvalue weighted by Gasteiger charge is -2.49. The molecule has 0 saturated carbocycles. The number of thiazole rings is 1. The molecule has 0 spiro atoms. The van der Waals surface area contributed by atoms with Gasteiger partial charge in [0.15, 0.2) is 10.8 Å². The zero-order valence-electron chi connectivity index (χ0n) is 20.0. The number of β-lactam (4-membered cyclic amide) rings is 1. The molecule has 2 atom stereocenters. The molecule has 0 aromatic carbocycles. The maximum Gasteiger partial charge on any atom is 0.358 e. The van der Waals surface area contributed by atoms with Crippen LogP contribution in [0, 0.1) is 0 Å². The topological polar surface area (TPSA) is 172 Å². The molecule has 2 amide bonds. The van der Waals surface area contributed by atoms with Crippen molar-refractivity contribution in [3.05, 3.63) is 22.3 Å². The molecule has 1 saturated heterocycles. The van der Waals surface area contributed by atoms with E-state index in [1.165, 1.54) is 23.8 Å². The van der Waals surface area contributed by atoms with Crippen LogP contribution in [0.2, 0.25) is 0 Å². The van der Waals surface area contributed by atoms with E-state index in [1.807, 2.05) is 6.92 Å². The number of thioether (sulfide) groups is 1. The van der Waals surface area contributed by atoms with Crippen LogP contribution in [-0.4, -0.2) is 83.6 Å². The lowest BCUT2D eigenvalue weighted by Crippen LogP contribution is -2.71. The molecule has 1 aromatic rings. The number of hydrogen-bond donors (Lipinski definition) is 2. The van der Waals surface area contributed by atoms with Gasteiger partial charge in [-0.25, -0.2) is 9.78 Å². The summed E-state index contributed by atoms with van der Waals surface area (Å²) < 4.78 is 15.1. The number of esters is 2. The fourth-order valence-electron chi connectivity index (χ4n) is 3.39. The Bertz CT molecular complexity index is 1070. The molecule has 2 aliphatic heterocycles. The molecule has 0 aliphatic carbocycles. The number of amides is 2. The van der Waals surface area contributed by atoms with Crippen molar-refractivity contribution in [3.63, 3.8) is 0 Å². The van der Waals surface area contributed by atoms with Gasteiger partial charge in [0.25, 0.3) is 11.8 Å². The minimum atomic E-state index is -0.931. The van der Waals surface area contributed by atoms with Crippen molar-refractivity contribution >= 4 is 57.7 Å². The van der Waals surface area contributed by atoms with E-state index in [-0.39, 0.29) is 41.9 Å². The Hall–Kier alpha value is -3.17. The molecule has 1 aromatic heterocycles. The lowest BCUT2D eigenvalue weighted by molar-refractivity contribution is -0.168. The van der Waals surface area contributed by atoms with Gasteiger partial charge in [-0.05, 0) is 18.9 Å². The van der Waals surface area contributed by atoms with E-state index in [1.54, 1.807) is 12.3 Å². The van der Waals surface area contributed by atoms with E-state index >= 15 is 0 Å². The summed E-state index contributed by atoms with van der Waals surface area (Å²) in [5, 5.41) is 7.71. The Morgan fingerprint density at radius 2 is 2.08 bits per heavy atom. The second-order valence-corrected chi connectivity index (χ2v) is 9.49.